The second kappa shape index (κ2) is 5.83. The van der Waals surface area contributed by atoms with E-state index >= 15 is 0 Å². The molecule has 3 aliphatic heterocycles. The van der Waals surface area contributed by atoms with Crippen molar-refractivity contribution in [2.45, 2.75) is 57.0 Å². The molecule has 4 heterocycles. The predicted octanol–water partition coefficient (Wildman–Crippen LogP) is 1.85. The molecule has 5 fully saturated rings. The van der Waals surface area contributed by atoms with Crippen LogP contribution in [0.25, 0.3) is 0 Å². The summed E-state index contributed by atoms with van der Waals surface area (Å²) in [6.07, 6.45) is 10.5. The third-order valence-corrected chi connectivity index (χ3v) is 6.78. The van der Waals surface area contributed by atoms with Gasteiger partial charge in [-0.3, -0.25) is 4.79 Å². The van der Waals surface area contributed by atoms with Gasteiger partial charge in [0.05, 0.1) is 12.2 Å². The number of hydrogen-bond donors (Lipinski definition) is 1. The smallest absolute Gasteiger partial charge is 0.276 e. The van der Waals surface area contributed by atoms with Gasteiger partial charge in [-0.15, -0.1) is 5.10 Å². The Bertz CT molecular complexity index is 609. The summed E-state index contributed by atoms with van der Waals surface area (Å²) in [4.78, 5) is 15.3. The number of fused-ring (bicyclic) bond motifs is 1. The number of nitrogens with one attached hydrogen (secondary N) is 1. The SMILES string of the molecule is O=C(c1cn(C2CCNCC2)nn1)N1CC2CC3CC(C2)CC1C3. The summed E-state index contributed by atoms with van der Waals surface area (Å²) in [5, 5.41) is 11.9. The number of carbonyl (C=O) groups excluding carboxylic acids is 1. The molecule has 0 radical (unpaired) electrons. The highest BCUT2D eigenvalue weighted by Crippen LogP contribution is 2.47. The lowest BCUT2D eigenvalue weighted by molar-refractivity contribution is 0.0626. The number of amides is 1. The van der Waals surface area contributed by atoms with Crippen LogP contribution < -0.4 is 5.32 Å². The first kappa shape index (κ1) is 14.9. The molecule has 6 heteroatoms. The van der Waals surface area contributed by atoms with E-state index in [4.69, 9.17) is 0 Å². The summed E-state index contributed by atoms with van der Waals surface area (Å²) in [5.74, 6) is 2.55. The molecule has 130 valence electrons. The quantitative estimate of drug-likeness (QED) is 0.899. The van der Waals surface area contributed by atoms with Crippen LogP contribution in [-0.4, -0.2) is 51.5 Å². The third kappa shape index (κ3) is 2.55. The predicted molar refractivity (Wildman–Crippen MR) is 89.5 cm³/mol. The van der Waals surface area contributed by atoms with Crippen LogP contribution in [0.4, 0.5) is 0 Å². The van der Waals surface area contributed by atoms with E-state index in [1.165, 1.54) is 32.1 Å². The highest BCUT2D eigenvalue weighted by atomic mass is 16.2. The van der Waals surface area contributed by atoms with Crippen molar-refractivity contribution in [3.8, 4) is 0 Å². The van der Waals surface area contributed by atoms with Gasteiger partial charge in [-0.25, -0.2) is 4.68 Å². The fourth-order valence-corrected chi connectivity index (χ4v) is 5.80. The molecule has 2 saturated carbocycles. The van der Waals surface area contributed by atoms with Crippen molar-refractivity contribution in [3.05, 3.63) is 11.9 Å². The van der Waals surface area contributed by atoms with E-state index < -0.39 is 0 Å². The lowest BCUT2D eigenvalue weighted by Crippen LogP contribution is -2.42. The van der Waals surface area contributed by atoms with Crippen molar-refractivity contribution >= 4 is 5.91 Å². The van der Waals surface area contributed by atoms with Crippen LogP contribution >= 0.6 is 0 Å². The molecule has 1 aromatic heterocycles. The molecule has 24 heavy (non-hydrogen) atoms. The van der Waals surface area contributed by atoms with E-state index in [0.717, 1.165) is 44.3 Å². The Morgan fingerprint density at radius 3 is 2.46 bits per heavy atom. The van der Waals surface area contributed by atoms with E-state index in [1.54, 1.807) is 0 Å². The van der Waals surface area contributed by atoms with E-state index in [0.29, 0.717) is 23.7 Å². The highest BCUT2D eigenvalue weighted by Gasteiger charge is 2.44. The monoisotopic (exact) mass is 329 g/mol. The van der Waals surface area contributed by atoms with Crippen LogP contribution in [0, 0.1) is 17.8 Å². The molecule has 0 aromatic carbocycles. The number of aromatic nitrogens is 3. The van der Waals surface area contributed by atoms with Crippen LogP contribution in [0.5, 0.6) is 0 Å². The molecule has 3 saturated heterocycles. The first-order chi connectivity index (χ1) is 11.8. The molecule has 5 aliphatic rings. The average molecular weight is 329 g/mol. The molecule has 2 atom stereocenters. The zero-order valence-electron chi connectivity index (χ0n) is 14.2. The van der Waals surface area contributed by atoms with Gasteiger partial charge in [-0.1, -0.05) is 5.21 Å². The van der Waals surface area contributed by atoms with E-state index in [9.17, 15) is 4.79 Å². The van der Waals surface area contributed by atoms with Crippen molar-refractivity contribution in [3.63, 3.8) is 0 Å². The number of carbonyl (C=O) groups is 1. The number of hydrogen-bond acceptors (Lipinski definition) is 4. The van der Waals surface area contributed by atoms with Crippen LogP contribution in [-0.2, 0) is 0 Å². The molecule has 1 N–H and O–H groups in total. The molecule has 1 amide bonds. The fraction of sp³-hybridized carbons (Fsp3) is 0.833. The molecule has 6 nitrogen and oxygen atoms in total. The summed E-state index contributed by atoms with van der Waals surface area (Å²) in [5.41, 5.74) is 0.551. The first-order valence-corrected chi connectivity index (χ1v) is 9.70. The van der Waals surface area contributed by atoms with E-state index in [2.05, 4.69) is 20.5 Å². The molecule has 2 aliphatic carbocycles. The highest BCUT2D eigenvalue weighted by molar-refractivity contribution is 5.92. The van der Waals surface area contributed by atoms with Crippen LogP contribution in [0.1, 0.15) is 61.5 Å². The minimum absolute atomic E-state index is 0.119. The molecule has 1 aromatic rings. The zero-order valence-corrected chi connectivity index (χ0v) is 14.2. The van der Waals surface area contributed by atoms with Crippen molar-refractivity contribution in [1.29, 1.82) is 0 Å². The van der Waals surface area contributed by atoms with Crippen molar-refractivity contribution in [1.82, 2.24) is 25.2 Å². The minimum atomic E-state index is 0.119. The van der Waals surface area contributed by atoms with Crippen LogP contribution in [0.3, 0.4) is 0 Å². The maximum absolute atomic E-state index is 13.1. The number of nitrogens with zero attached hydrogens (tertiary/aromatic N) is 4. The Morgan fingerprint density at radius 2 is 1.71 bits per heavy atom. The summed E-state index contributed by atoms with van der Waals surface area (Å²) >= 11 is 0. The Labute approximate surface area is 143 Å². The molecule has 2 unspecified atom stereocenters. The third-order valence-electron chi connectivity index (χ3n) is 6.78. The fourth-order valence-electron chi connectivity index (χ4n) is 5.80. The van der Waals surface area contributed by atoms with Gasteiger partial charge in [0.2, 0.25) is 0 Å². The summed E-state index contributed by atoms with van der Waals surface area (Å²) in [7, 11) is 0. The van der Waals surface area contributed by atoms with Gasteiger partial charge in [-0.05, 0) is 75.8 Å². The maximum Gasteiger partial charge on any atom is 0.276 e. The van der Waals surface area contributed by atoms with Crippen LogP contribution in [0.15, 0.2) is 6.20 Å². The Morgan fingerprint density at radius 1 is 1.00 bits per heavy atom. The van der Waals surface area contributed by atoms with Gasteiger partial charge >= 0.3 is 0 Å². The average Bonchev–Trinajstić information content (AvgIpc) is 3.01. The van der Waals surface area contributed by atoms with Crippen molar-refractivity contribution in [2.24, 2.45) is 17.8 Å². The summed E-state index contributed by atoms with van der Waals surface area (Å²) in [6.45, 7) is 2.98. The Kier molecular flexibility index (Phi) is 3.61. The van der Waals surface area contributed by atoms with E-state index in [1.807, 2.05) is 10.9 Å². The van der Waals surface area contributed by atoms with Gasteiger partial charge in [0.1, 0.15) is 0 Å². The topological polar surface area (TPSA) is 63.1 Å². The molecule has 0 spiro atoms. The lowest BCUT2D eigenvalue weighted by Gasteiger charge is -2.38. The second-order valence-corrected chi connectivity index (χ2v) is 8.45. The van der Waals surface area contributed by atoms with Gasteiger partial charge < -0.3 is 10.2 Å². The van der Waals surface area contributed by atoms with Crippen molar-refractivity contribution in [2.75, 3.05) is 19.6 Å². The zero-order chi connectivity index (χ0) is 16.1. The Balaban J connectivity index is 1.35. The number of piperidine rings is 1. The minimum Gasteiger partial charge on any atom is -0.334 e. The van der Waals surface area contributed by atoms with Crippen LogP contribution in [0.2, 0.25) is 0 Å². The molecule has 4 bridgehead atoms. The standard InChI is InChI=1S/C18H27N5O/c24-18(17-11-23(21-20-17)15-1-3-19-4-2-15)22-10-14-6-12-5-13(7-14)9-16(22)8-12/h11-16,19H,1-10H2. The molecular formula is C18H27N5O. The largest absolute Gasteiger partial charge is 0.334 e. The van der Waals surface area contributed by atoms with Gasteiger partial charge in [0.25, 0.3) is 5.91 Å². The first-order valence-electron chi connectivity index (χ1n) is 9.70. The van der Waals surface area contributed by atoms with E-state index in [-0.39, 0.29) is 5.91 Å². The maximum atomic E-state index is 13.1. The van der Waals surface area contributed by atoms with Gasteiger partial charge in [-0.2, -0.15) is 0 Å². The number of rotatable bonds is 2. The molecule has 6 rings (SSSR count). The molecular weight excluding hydrogens is 302 g/mol. The second-order valence-electron chi connectivity index (χ2n) is 8.45. The Hall–Kier alpha value is -1.43. The summed E-state index contributed by atoms with van der Waals surface area (Å²) < 4.78 is 1.93. The normalized spacial score (nSPS) is 36.1. The lowest BCUT2D eigenvalue weighted by atomic mass is 9.68. The van der Waals surface area contributed by atoms with Crippen molar-refractivity contribution < 1.29 is 4.79 Å². The summed E-state index contributed by atoms with van der Waals surface area (Å²) in [6, 6.07) is 0.828. The van der Waals surface area contributed by atoms with Gasteiger partial charge in [0.15, 0.2) is 5.69 Å². The van der Waals surface area contributed by atoms with Gasteiger partial charge in [0, 0.05) is 12.6 Å².